The third-order valence-electron chi connectivity index (χ3n) is 4.33. The molecule has 1 unspecified atom stereocenters. The molecule has 0 heterocycles. The molecule has 0 spiro atoms. The summed E-state index contributed by atoms with van der Waals surface area (Å²) in [4.78, 5) is 35.6. The smallest absolute Gasteiger partial charge is 0.319 e. The lowest BCUT2D eigenvalue weighted by atomic mass is 9.97. The number of benzene rings is 1. The number of rotatable bonds is 7. The van der Waals surface area contributed by atoms with Crippen molar-refractivity contribution in [1.29, 1.82) is 0 Å². The van der Waals surface area contributed by atoms with Gasteiger partial charge in [0, 0.05) is 24.8 Å². The van der Waals surface area contributed by atoms with Gasteiger partial charge < -0.3 is 21.3 Å². The van der Waals surface area contributed by atoms with Gasteiger partial charge in [-0.3, -0.25) is 9.59 Å². The van der Waals surface area contributed by atoms with Crippen molar-refractivity contribution in [2.24, 2.45) is 5.92 Å². The minimum atomic E-state index is -0.516. The second-order valence-electron chi connectivity index (χ2n) is 6.41. The van der Waals surface area contributed by atoms with Crippen LogP contribution >= 0.6 is 0 Å². The number of carbonyl (C=O) groups excluding carboxylic acids is 3. The normalized spacial score (nSPS) is 15.0. The van der Waals surface area contributed by atoms with Gasteiger partial charge in [-0.1, -0.05) is 18.9 Å². The summed E-state index contributed by atoms with van der Waals surface area (Å²) in [6.07, 6.45) is 5.65. The third kappa shape index (κ3) is 5.91. The topological polar surface area (TPSA) is 99.3 Å². The van der Waals surface area contributed by atoms with Crippen molar-refractivity contribution in [3.63, 3.8) is 0 Å². The van der Waals surface area contributed by atoms with Crippen molar-refractivity contribution in [3.8, 4) is 0 Å². The number of hydrogen-bond donors (Lipinski definition) is 4. The molecule has 0 bridgehead atoms. The van der Waals surface area contributed by atoms with Gasteiger partial charge in [0.2, 0.25) is 11.8 Å². The van der Waals surface area contributed by atoms with Crippen molar-refractivity contribution in [3.05, 3.63) is 36.9 Å². The molecule has 1 aromatic rings. The fraction of sp³-hybridized carbons (Fsp3) is 0.421. The Balaban J connectivity index is 1.95. The number of urea groups is 1. The molecule has 2 rings (SSSR count). The largest absolute Gasteiger partial charge is 0.344 e. The molecule has 26 heavy (non-hydrogen) atoms. The van der Waals surface area contributed by atoms with Crippen LogP contribution in [0.25, 0.3) is 0 Å². The summed E-state index contributed by atoms with van der Waals surface area (Å²) in [5.41, 5.74) is 1.22. The summed E-state index contributed by atoms with van der Waals surface area (Å²) in [6.45, 7) is 5.33. The molecule has 0 radical (unpaired) electrons. The molecule has 0 aliphatic heterocycles. The Labute approximate surface area is 153 Å². The number of nitrogens with one attached hydrogen (secondary N) is 4. The van der Waals surface area contributed by atoms with E-state index in [0.717, 1.165) is 25.7 Å². The molecule has 1 fully saturated rings. The van der Waals surface area contributed by atoms with Gasteiger partial charge in [-0.2, -0.15) is 0 Å². The van der Waals surface area contributed by atoms with Crippen LogP contribution in [0.5, 0.6) is 0 Å². The van der Waals surface area contributed by atoms with Gasteiger partial charge in [-0.25, -0.2) is 4.79 Å². The van der Waals surface area contributed by atoms with Crippen LogP contribution in [0.3, 0.4) is 0 Å². The molecule has 1 saturated carbocycles. The number of hydrogen-bond acceptors (Lipinski definition) is 3. The minimum Gasteiger partial charge on any atom is -0.344 e. The van der Waals surface area contributed by atoms with E-state index in [9.17, 15) is 14.4 Å². The maximum absolute atomic E-state index is 12.6. The Morgan fingerprint density at radius 1 is 1.12 bits per heavy atom. The Kier molecular flexibility index (Phi) is 7.20. The lowest BCUT2D eigenvalue weighted by Gasteiger charge is -2.23. The summed E-state index contributed by atoms with van der Waals surface area (Å²) in [5.74, 6) is -0.243. The molecule has 1 aliphatic carbocycles. The average Bonchev–Trinajstić information content (AvgIpc) is 3.13. The van der Waals surface area contributed by atoms with Crippen LogP contribution in [0, 0.1) is 5.92 Å². The molecule has 4 N–H and O–H groups in total. The number of amides is 4. The SMILES string of the molecule is C=CCNC(=O)Nc1ccc(NC(=O)C(NC(C)=O)C2CCCC2)cc1. The summed E-state index contributed by atoms with van der Waals surface area (Å²) in [7, 11) is 0. The van der Waals surface area contributed by atoms with Crippen molar-refractivity contribution in [2.75, 3.05) is 17.2 Å². The molecule has 1 aromatic carbocycles. The first-order chi connectivity index (χ1) is 12.5. The van der Waals surface area contributed by atoms with E-state index < -0.39 is 6.04 Å². The molecule has 1 aliphatic rings. The minimum absolute atomic E-state index is 0.174. The monoisotopic (exact) mass is 358 g/mol. The Morgan fingerprint density at radius 3 is 2.23 bits per heavy atom. The van der Waals surface area contributed by atoms with Crippen LogP contribution in [-0.4, -0.2) is 30.4 Å². The van der Waals surface area contributed by atoms with Crippen molar-refractivity contribution in [2.45, 2.75) is 38.6 Å². The van der Waals surface area contributed by atoms with Gasteiger partial charge in [0.05, 0.1) is 0 Å². The van der Waals surface area contributed by atoms with Crippen molar-refractivity contribution in [1.82, 2.24) is 10.6 Å². The van der Waals surface area contributed by atoms with E-state index in [1.165, 1.54) is 6.92 Å². The van der Waals surface area contributed by atoms with E-state index in [4.69, 9.17) is 0 Å². The third-order valence-corrected chi connectivity index (χ3v) is 4.33. The highest BCUT2D eigenvalue weighted by molar-refractivity contribution is 5.97. The van der Waals surface area contributed by atoms with Crippen LogP contribution in [0.15, 0.2) is 36.9 Å². The molecule has 0 aromatic heterocycles. The van der Waals surface area contributed by atoms with Gasteiger partial charge in [0.25, 0.3) is 0 Å². The van der Waals surface area contributed by atoms with Gasteiger partial charge in [-0.05, 0) is 43.0 Å². The summed E-state index contributed by atoms with van der Waals surface area (Å²) < 4.78 is 0. The molecular formula is C19H26N4O3. The van der Waals surface area contributed by atoms with E-state index in [-0.39, 0.29) is 23.8 Å². The van der Waals surface area contributed by atoms with E-state index in [0.29, 0.717) is 17.9 Å². The number of carbonyl (C=O) groups is 3. The van der Waals surface area contributed by atoms with Crippen LogP contribution in [0.4, 0.5) is 16.2 Å². The second kappa shape index (κ2) is 9.60. The zero-order valence-corrected chi connectivity index (χ0v) is 15.0. The second-order valence-corrected chi connectivity index (χ2v) is 6.41. The molecular weight excluding hydrogens is 332 g/mol. The molecule has 0 saturated heterocycles. The number of anilines is 2. The van der Waals surface area contributed by atoms with Gasteiger partial charge in [-0.15, -0.1) is 6.58 Å². The van der Waals surface area contributed by atoms with Crippen LogP contribution in [0.2, 0.25) is 0 Å². The first-order valence-electron chi connectivity index (χ1n) is 8.83. The van der Waals surface area contributed by atoms with Gasteiger partial charge in [0.15, 0.2) is 0 Å². The lowest BCUT2D eigenvalue weighted by Crippen LogP contribution is -2.47. The first-order valence-corrected chi connectivity index (χ1v) is 8.83. The maximum atomic E-state index is 12.6. The summed E-state index contributed by atoms with van der Waals surface area (Å²) in [6, 6.07) is 5.98. The zero-order valence-electron chi connectivity index (χ0n) is 15.0. The highest BCUT2D eigenvalue weighted by Gasteiger charge is 2.31. The zero-order chi connectivity index (χ0) is 18.9. The predicted octanol–water partition coefficient (Wildman–Crippen LogP) is 2.63. The highest BCUT2D eigenvalue weighted by Crippen LogP contribution is 2.28. The van der Waals surface area contributed by atoms with Crippen molar-refractivity contribution >= 4 is 29.2 Å². The van der Waals surface area contributed by atoms with Gasteiger partial charge in [0.1, 0.15) is 6.04 Å². The van der Waals surface area contributed by atoms with E-state index in [1.54, 1.807) is 30.3 Å². The van der Waals surface area contributed by atoms with Crippen molar-refractivity contribution < 1.29 is 14.4 Å². The van der Waals surface area contributed by atoms with Crippen LogP contribution < -0.4 is 21.3 Å². The quantitative estimate of drug-likeness (QED) is 0.564. The fourth-order valence-corrected chi connectivity index (χ4v) is 3.10. The molecule has 4 amide bonds. The van der Waals surface area contributed by atoms with Crippen LogP contribution in [0.1, 0.15) is 32.6 Å². The Hall–Kier alpha value is -2.83. The highest BCUT2D eigenvalue weighted by atomic mass is 16.2. The predicted molar refractivity (Wildman–Crippen MR) is 102 cm³/mol. The molecule has 7 nitrogen and oxygen atoms in total. The summed E-state index contributed by atoms with van der Waals surface area (Å²) in [5, 5.41) is 10.9. The average molecular weight is 358 g/mol. The molecule has 140 valence electrons. The van der Waals surface area contributed by atoms with E-state index >= 15 is 0 Å². The van der Waals surface area contributed by atoms with Gasteiger partial charge >= 0.3 is 6.03 Å². The molecule has 7 heteroatoms. The van der Waals surface area contributed by atoms with Crippen LogP contribution in [-0.2, 0) is 9.59 Å². The summed E-state index contributed by atoms with van der Waals surface area (Å²) >= 11 is 0. The first kappa shape index (κ1) is 19.5. The standard InChI is InChI=1S/C19H26N4O3/c1-3-12-20-19(26)23-16-10-8-15(9-11-16)22-18(25)17(21-13(2)24)14-6-4-5-7-14/h3,8-11,14,17H,1,4-7,12H2,2H3,(H,21,24)(H,22,25)(H2,20,23,26). The fourth-order valence-electron chi connectivity index (χ4n) is 3.10. The Bertz CT molecular complexity index is 651. The lowest BCUT2D eigenvalue weighted by molar-refractivity contribution is -0.126. The maximum Gasteiger partial charge on any atom is 0.319 e. The molecule has 1 atom stereocenters. The Morgan fingerprint density at radius 2 is 1.69 bits per heavy atom. The van der Waals surface area contributed by atoms with E-state index in [2.05, 4.69) is 27.8 Å². The van der Waals surface area contributed by atoms with E-state index in [1.807, 2.05) is 0 Å².